The van der Waals surface area contributed by atoms with Crippen molar-refractivity contribution in [3.63, 3.8) is 0 Å². The summed E-state index contributed by atoms with van der Waals surface area (Å²) in [5, 5.41) is 1.91. The highest BCUT2D eigenvalue weighted by molar-refractivity contribution is 5.67. The topological polar surface area (TPSA) is 12.5 Å². The van der Waals surface area contributed by atoms with E-state index < -0.39 is 0 Å². The second kappa shape index (κ2) is 6.33. The number of hydrogen-bond acceptors (Lipinski definition) is 2. The lowest BCUT2D eigenvalue weighted by Crippen LogP contribution is -2.19. The monoisotopic (exact) mass is 289 g/mol. The molecule has 2 aromatic rings. The predicted octanol–water partition coefficient (Wildman–Crippen LogP) is 4.16. The standard InChI is InChI=1S/C17H17F2NO/c18-14-8-7-13(12-21-20-9-3-4-10-20)16(11-14)15-5-1-2-6-17(15)19/h1-2,5-8,11H,3-4,9-10,12H2. The molecular weight excluding hydrogens is 272 g/mol. The first-order valence-corrected chi connectivity index (χ1v) is 7.15. The van der Waals surface area contributed by atoms with Gasteiger partial charge in [-0.15, -0.1) is 0 Å². The molecule has 0 bridgehead atoms. The summed E-state index contributed by atoms with van der Waals surface area (Å²) in [5.41, 5.74) is 1.73. The minimum atomic E-state index is -0.377. The lowest BCUT2D eigenvalue weighted by Gasteiger charge is -2.17. The first-order valence-electron chi connectivity index (χ1n) is 7.15. The van der Waals surface area contributed by atoms with Gasteiger partial charge < -0.3 is 0 Å². The van der Waals surface area contributed by atoms with Crippen LogP contribution in [0.15, 0.2) is 42.5 Å². The highest BCUT2D eigenvalue weighted by Gasteiger charge is 2.15. The van der Waals surface area contributed by atoms with Gasteiger partial charge in [-0.25, -0.2) is 8.78 Å². The van der Waals surface area contributed by atoms with Crippen molar-refractivity contribution in [1.82, 2.24) is 5.06 Å². The minimum Gasteiger partial charge on any atom is -0.294 e. The van der Waals surface area contributed by atoms with Crippen molar-refractivity contribution in [2.45, 2.75) is 19.4 Å². The molecule has 1 saturated heterocycles. The third kappa shape index (κ3) is 3.28. The van der Waals surface area contributed by atoms with Crippen molar-refractivity contribution in [3.8, 4) is 11.1 Å². The number of hydroxylamine groups is 2. The smallest absolute Gasteiger partial charge is 0.131 e. The number of nitrogens with zero attached hydrogens (tertiary/aromatic N) is 1. The average molecular weight is 289 g/mol. The molecule has 1 aliphatic rings. The summed E-state index contributed by atoms with van der Waals surface area (Å²) < 4.78 is 27.5. The van der Waals surface area contributed by atoms with Crippen molar-refractivity contribution in [1.29, 1.82) is 0 Å². The Morgan fingerprint density at radius 3 is 2.48 bits per heavy atom. The molecule has 1 fully saturated rings. The molecule has 0 amide bonds. The van der Waals surface area contributed by atoms with Gasteiger partial charge in [0, 0.05) is 18.7 Å². The van der Waals surface area contributed by atoms with Crippen LogP contribution >= 0.6 is 0 Å². The average Bonchev–Trinajstić information content (AvgIpc) is 3.00. The maximum Gasteiger partial charge on any atom is 0.131 e. The van der Waals surface area contributed by atoms with Crippen molar-refractivity contribution >= 4 is 0 Å². The van der Waals surface area contributed by atoms with Crippen LogP contribution in [0.1, 0.15) is 18.4 Å². The number of hydrogen-bond donors (Lipinski definition) is 0. The third-order valence-electron chi connectivity index (χ3n) is 3.70. The molecule has 0 spiro atoms. The molecular formula is C17H17F2NO. The fraction of sp³-hybridized carbons (Fsp3) is 0.294. The quantitative estimate of drug-likeness (QED) is 0.838. The fourth-order valence-electron chi connectivity index (χ4n) is 2.58. The second-order valence-electron chi connectivity index (χ2n) is 5.19. The molecule has 110 valence electrons. The van der Waals surface area contributed by atoms with Gasteiger partial charge in [0.25, 0.3) is 0 Å². The Labute approximate surface area is 122 Å². The van der Waals surface area contributed by atoms with Crippen LogP contribution in [0.4, 0.5) is 8.78 Å². The van der Waals surface area contributed by atoms with Crippen molar-refractivity contribution in [2.24, 2.45) is 0 Å². The third-order valence-corrected chi connectivity index (χ3v) is 3.70. The number of rotatable bonds is 4. The van der Waals surface area contributed by atoms with E-state index in [1.54, 1.807) is 24.3 Å². The lowest BCUT2D eigenvalue weighted by molar-refractivity contribution is -0.153. The van der Waals surface area contributed by atoms with Crippen LogP contribution in [-0.4, -0.2) is 18.2 Å². The van der Waals surface area contributed by atoms with Crippen molar-refractivity contribution in [2.75, 3.05) is 13.1 Å². The van der Waals surface area contributed by atoms with Gasteiger partial charge in [-0.2, -0.15) is 5.06 Å². The van der Waals surface area contributed by atoms with E-state index in [1.807, 2.05) is 5.06 Å². The van der Waals surface area contributed by atoms with Gasteiger partial charge in [-0.05, 0) is 42.2 Å². The zero-order valence-corrected chi connectivity index (χ0v) is 11.7. The largest absolute Gasteiger partial charge is 0.294 e. The first-order chi connectivity index (χ1) is 10.2. The van der Waals surface area contributed by atoms with Gasteiger partial charge >= 0.3 is 0 Å². The molecule has 0 aliphatic carbocycles. The maximum absolute atomic E-state index is 14.0. The van der Waals surface area contributed by atoms with E-state index in [0.717, 1.165) is 31.5 Å². The Morgan fingerprint density at radius 2 is 1.71 bits per heavy atom. The van der Waals surface area contributed by atoms with Gasteiger partial charge in [-0.1, -0.05) is 24.3 Å². The molecule has 0 atom stereocenters. The highest BCUT2D eigenvalue weighted by atomic mass is 19.1. The van der Waals surface area contributed by atoms with E-state index in [-0.39, 0.29) is 11.6 Å². The molecule has 2 aromatic carbocycles. The summed E-state index contributed by atoms with van der Waals surface area (Å²) in [6, 6.07) is 10.8. The molecule has 21 heavy (non-hydrogen) atoms. The molecule has 0 radical (unpaired) electrons. The molecule has 0 saturated carbocycles. The van der Waals surface area contributed by atoms with E-state index in [1.165, 1.54) is 18.2 Å². The van der Waals surface area contributed by atoms with Gasteiger partial charge in [-0.3, -0.25) is 4.84 Å². The molecule has 0 aromatic heterocycles. The summed E-state index contributed by atoms with van der Waals surface area (Å²) >= 11 is 0. The van der Waals surface area contributed by atoms with E-state index in [4.69, 9.17) is 4.84 Å². The summed E-state index contributed by atoms with van der Waals surface area (Å²) in [6.45, 7) is 2.15. The summed E-state index contributed by atoms with van der Waals surface area (Å²) in [7, 11) is 0. The Morgan fingerprint density at radius 1 is 0.952 bits per heavy atom. The number of benzene rings is 2. The zero-order valence-electron chi connectivity index (χ0n) is 11.7. The van der Waals surface area contributed by atoms with E-state index in [0.29, 0.717) is 17.7 Å². The predicted molar refractivity (Wildman–Crippen MR) is 77.4 cm³/mol. The van der Waals surface area contributed by atoms with E-state index >= 15 is 0 Å². The van der Waals surface area contributed by atoms with Gasteiger partial charge in [0.1, 0.15) is 11.6 Å². The van der Waals surface area contributed by atoms with Crippen LogP contribution < -0.4 is 0 Å². The van der Waals surface area contributed by atoms with Crippen LogP contribution in [0.5, 0.6) is 0 Å². The first kappa shape index (κ1) is 14.2. The van der Waals surface area contributed by atoms with Gasteiger partial charge in [0.15, 0.2) is 0 Å². The molecule has 2 nitrogen and oxygen atoms in total. The van der Waals surface area contributed by atoms with Crippen molar-refractivity contribution in [3.05, 3.63) is 59.7 Å². The van der Waals surface area contributed by atoms with Crippen LogP contribution in [-0.2, 0) is 11.4 Å². The normalized spacial score (nSPS) is 15.5. The molecule has 4 heteroatoms. The molecule has 1 aliphatic heterocycles. The van der Waals surface area contributed by atoms with Crippen LogP contribution in [0.25, 0.3) is 11.1 Å². The van der Waals surface area contributed by atoms with Crippen LogP contribution in [0.2, 0.25) is 0 Å². The Hall–Kier alpha value is -1.78. The fourth-order valence-corrected chi connectivity index (χ4v) is 2.58. The lowest BCUT2D eigenvalue weighted by atomic mass is 9.99. The van der Waals surface area contributed by atoms with Crippen LogP contribution in [0, 0.1) is 11.6 Å². The SMILES string of the molecule is Fc1ccc(CON2CCCC2)c(-c2ccccc2F)c1. The Kier molecular flexibility index (Phi) is 4.27. The van der Waals surface area contributed by atoms with E-state index in [9.17, 15) is 8.78 Å². The number of halogens is 2. The highest BCUT2D eigenvalue weighted by Crippen LogP contribution is 2.28. The van der Waals surface area contributed by atoms with Crippen LogP contribution in [0.3, 0.4) is 0 Å². The molecule has 3 rings (SSSR count). The summed E-state index contributed by atoms with van der Waals surface area (Å²) in [4.78, 5) is 5.72. The molecule has 0 unspecified atom stereocenters. The second-order valence-corrected chi connectivity index (χ2v) is 5.19. The summed E-state index contributed by atoms with van der Waals surface area (Å²) in [6.07, 6.45) is 2.26. The minimum absolute atomic E-state index is 0.323. The van der Waals surface area contributed by atoms with Gasteiger partial charge in [0.2, 0.25) is 0 Å². The summed E-state index contributed by atoms with van der Waals surface area (Å²) in [5.74, 6) is -0.733. The van der Waals surface area contributed by atoms with Gasteiger partial charge in [0.05, 0.1) is 6.61 Å². The Balaban J connectivity index is 1.88. The Bertz CT molecular complexity index is 624. The maximum atomic E-state index is 14.0. The molecule has 1 heterocycles. The van der Waals surface area contributed by atoms with E-state index in [2.05, 4.69) is 0 Å². The zero-order chi connectivity index (χ0) is 14.7. The van der Waals surface area contributed by atoms with Crippen molar-refractivity contribution < 1.29 is 13.6 Å². The molecule has 0 N–H and O–H groups in total.